The van der Waals surface area contributed by atoms with Crippen molar-refractivity contribution in [2.45, 2.75) is 0 Å². The first kappa shape index (κ1) is 15.0. The molecule has 0 atom stereocenters. The molecule has 0 saturated carbocycles. The third-order valence-electron chi connectivity index (χ3n) is 3.56. The predicted octanol–water partition coefficient (Wildman–Crippen LogP) is 4.41. The Balaban J connectivity index is 1.55. The van der Waals surface area contributed by atoms with Gasteiger partial charge in [-0.15, -0.1) is 5.11 Å². The van der Waals surface area contributed by atoms with Gasteiger partial charge in [-0.25, -0.2) is 4.39 Å². The highest BCUT2D eigenvalue weighted by Crippen LogP contribution is 2.19. The molecule has 6 heteroatoms. The van der Waals surface area contributed by atoms with E-state index in [-0.39, 0.29) is 5.82 Å². The van der Waals surface area contributed by atoms with Gasteiger partial charge in [0.2, 0.25) is 0 Å². The lowest BCUT2D eigenvalue weighted by Gasteiger charge is -2.33. The molecule has 2 aromatic rings. The maximum atomic E-state index is 12.9. The Morgan fingerprint density at radius 3 is 2.14 bits per heavy atom. The van der Waals surface area contributed by atoms with Crippen LogP contribution in [0, 0.1) is 5.82 Å². The van der Waals surface area contributed by atoms with Gasteiger partial charge in [-0.2, -0.15) is 0 Å². The maximum Gasteiger partial charge on any atom is 0.123 e. The highest BCUT2D eigenvalue weighted by molar-refractivity contribution is 9.10. The lowest BCUT2D eigenvalue weighted by Crippen LogP contribution is -2.43. The molecule has 0 aromatic heterocycles. The van der Waals surface area contributed by atoms with Gasteiger partial charge < -0.3 is 4.90 Å². The Bertz CT molecular complexity index is 634. The first-order chi connectivity index (χ1) is 10.7. The highest BCUT2D eigenvalue weighted by Gasteiger charge is 2.16. The number of rotatable bonds is 3. The van der Waals surface area contributed by atoms with Crippen molar-refractivity contribution in [1.82, 2.24) is 5.01 Å². The molecule has 1 aliphatic rings. The normalized spacial score (nSPS) is 15.5. The SMILES string of the molecule is Fc1ccc(N2CCN(/N=N/c3ccc(Br)cc3)CC2)cc1. The topological polar surface area (TPSA) is 31.2 Å². The van der Waals surface area contributed by atoms with E-state index < -0.39 is 0 Å². The van der Waals surface area contributed by atoms with Crippen LogP contribution in [0.25, 0.3) is 0 Å². The van der Waals surface area contributed by atoms with Crippen LogP contribution >= 0.6 is 15.9 Å². The lowest BCUT2D eigenvalue weighted by atomic mass is 10.2. The lowest BCUT2D eigenvalue weighted by molar-refractivity contribution is 0.254. The van der Waals surface area contributed by atoms with Gasteiger partial charge in [0, 0.05) is 23.2 Å². The van der Waals surface area contributed by atoms with E-state index in [2.05, 4.69) is 31.2 Å². The van der Waals surface area contributed by atoms with Gasteiger partial charge in [-0.05, 0) is 48.5 Å². The molecule has 1 aliphatic heterocycles. The quantitative estimate of drug-likeness (QED) is 0.757. The average Bonchev–Trinajstić information content (AvgIpc) is 2.56. The Morgan fingerprint density at radius 1 is 0.864 bits per heavy atom. The molecular weight excluding hydrogens is 347 g/mol. The van der Waals surface area contributed by atoms with Crippen LogP contribution in [0.3, 0.4) is 0 Å². The first-order valence-electron chi connectivity index (χ1n) is 7.13. The van der Waals surface area contributed by atoms with Crippen molar-refractivity contribution in [3.8, 4) is 0 Å². The zero-order valence-electron chi connectivity index (χ0n) is 12.0. The summed E-state index contributed by atoms with van der Waals surface area (Å²) >= 11 is 3.39. The molecule has 0 amide bonds. The summed E-state index contributed by atoms with van der Waals surface area (Å²) in [4.78, 5) is 2.23. The van der Waals surface area contributed by atoms with Gasteiger partial charge in [-0.3, -0.25) is 5.01 Å². The number of piperazine rings is 1. The second-order valence-corrected chi connectivity index (χ2v) is 6.00. The van der Waals surface area contributed by atoms with Crippen molar-refractivity contribution in [3.63, 3.8) is 0 Å². The average molecular weight is 363 g/mol. The van der Waals surface area contributed by atoms with Crippen LogP contribution in [0.4, 0.5) is 15.8 Å². The van der Waals surface area contributed by atoms with Crippen LogP contribution in [0.15, 0.2) is 63.3 Å². The van der Waals surface area contributed by atoms with E-state index >= 15 is 0 Å². The molecule has 22 heavy (non-hydrogen) atoms. The highest BCUT2D eigenvalue weighted by atomic mass is 79.9. The van der Waals surface area contributed by atoms with Gasteiger partial charge in [0.15, 0.2) is 0 Å². The van der Waals surface area contributed by atoms with E-state index in [9.17, 15) is 4.39 Å². The third-order valence-corrected chi connectivity index (χ3v) is 4.09. The molecule has 4 nitrogen and oxygen atoms in total. The van der Waals surface area contributed by atoms with E-state index in [0.29, 0.717) is 0 Å². The van der Waals surface area contributed by atoms with Gasteiger partial charge in [0.1, 0.15) is 5.82 Å². The van der Waals surface area contributed by atoms with E-state index in [1.54, 1.807) is 0 Å². The molecule has 0 spiro atoms. The van der Waals surface area contributed by atoms with Gasteiger partial charge in [0.05, 0.1) is 18.8 Å². The van der Waals surface area contributed by atoms with Crippen molar-refractivity contribution >= 4 is 27.3 Å². The molecule has 1 fully saturated rings. The standard InChI is InChI=1S/C16H16BrFN4/c17-13-1-5-15(6-2-13)19-20-22-11-9-21(10-12-22)16-7-3-14(18)4-8-16/h1-8H,9-12H2/b20-19+. The second-order valence-electron chi connectivity index (χ2n) is 5.08. The fourth-order valence-corrected chi connectivity index (χ4v) is 2.58. The number of benzene rings is 2. The summed E-state index contributed by atoms with van der Waals surface area (Å²) in [6.45, 7) is 3.31. The molecule has 0 aliphatic carbocycles. The fourth-order valence-electron chi connectivity index (χ4n) is 2.32. The largest absolute Gasteiger partial charge is 0.368 e. The molecule has 0 radical (unpaired) electrons. The molecule has 1 saturated heterocycles. The molecule has 1 heterocycles. The van der Waals surface area contributed by atoms with Crippen LogP contribution in [0.5, 0.6) is 0 Å². The summed E-state index contributed by atoms with van der Waals surface area (Å²) in [6.07, 6.45) is 0. The minimum absolute atomic E-state index is 0.203. The molecule has 0 bridgehead atoms. The molecule has 0 N–H and O–H groups in total. The molecule has 114 valence electrons. The minimum atomic E-state index is -0.203. The number of hydrogen-bond donors (Lipinski definition) is 0. The summed E-state index contributed by atoms with van der Waals surface area (Å²) < 4.78 is 14.0. The Morgan fingerprint density at radius 2 is 1.50 bits per heavy atom. The van der Waals surface area contributed by atoms with Crippen molar-refractivity contribution in [2.75, 3.05) is 31.1 Å². The number of nitrogens with zero attached hydrogens (tertiary/aromatic N) is 4. The van der Waals surface area contributed by atoms with E-state index in [0.717, 1.165) is 42.0 Å². The van der Waals surface area contributed by atoms with Crippen molar-refractivity contribution in [3.05, 3.63) is 58.8 Å². The molecule has 3 rings (SSSR count). The summed E-state index contributed by atoms with van der Waals surface area (Å²) in [5, 5.41) is 10.5. The van der Waals surface area contributed by atoms with Gasteiger partial charge in [-0.1, -0.05) is 21.2 Å². The van der Waals surface area contributed by atoms with E-state index in [4.69, 9.17) is 0 Å². The minimum Gasteiger partial charge on any atom is -0.368 e. The van der Waals surface area contributed by atoms with Crippen LogP contribution < -0.4 is 4.90 Å². The third kappa shape index (κ3) is 3.82. The smallest absolute Gasteiger partial charge is 0.123 e. The summed E-state index contributed by atoms with van der Waals surface area (Å²) in [5.41, 5.74) is 1.88. The first-order valence-corrected chi connectivity index (χ1v) is 7.93. The van der Waals surface area contributed by atoms with Gasteiger partial charge >= 0.3 is 0 Å². The molecular formula is C16H16BrFN4. The Kier molecular flexibility index (Phi) is 4.68. The fraction of sp³-hybridized carbons (Fsp3) is 0.250. The molecule has 0 unspecified atom stereocenters. The number of hydrogen-bond acceptors (Lipinski definition) is 3. The Hall–Kier alpha value is -1.95. The second kappa shape index (κ2) is 6.87. The van der Waals surface area contributed by atoms with Crippen LogP contribution in [-0.4, -0.2) is 31.2 Å². The number of halogens is 2. The summed E-state index contributed by atoms with van der Waals surface area (Å²) in [7, 11) is 0. The van der Waals surface area contributed by atoms with Crippen molar-refractivity contribution in [1.29, 1.82) is 0 Å². The van der Waals surface area contributed by atoms with Crippen molar-refractivity contribution < 1.29 is 4.39 Å². The number of anilines is 1. The zero-order valence-corrected chi connectivity index (χ0v) is 13.6. The maximum absolute atomic E-state index is 12.9. The van der Waals surface area contributed by atoms with Crippen LogP contribution in [0.1, 0.15) is 0 Å². The van der Waals surface area contributed by atoms with E-state index in [1.165, 1.54) is 12.1 Å². The predicted molar refractivity (Wildman–Crippen MR) is 88.8 cm³/mol. The van der Waals surface area contributed by atoms with E-state index in [1.807, 2.05) is 41.4 Å². The van der Waals surface area contributed by atoms with Crippen LogP contribution in [-0.2, 0) is 0 Å². The molecule has 2 aromatic carbocycles. The summed E-state index contributed by atoms with van der Waals surface area (Å²) in [5.74, 6) is -0.203. The van der Waals surface area contributed by atoms with Crippen molar-refractivity contribution in [2.24, 2.45) is 10.3 Å². The monoisotopic (exact) mass is 362 g/mol. The van der Waals surface area contributed by atoms with Gasteiger partial charge in [0.25, 0.3) is 0 Å². The van der Waals surface area contributed by atoms with Crippen LogP contribution in [0.2, 0.25) is 0 Å². The summed E-state index contributed by atoms with van der Waals surface area (Å²) in [6, 6.07) is 14.3. The zero-order chi connectivity index (χ0) is 15.4. The Labute approximate surface area is 137 Å².